The molecule has 6 rings (SSSR count). The first-order chi connectivity index (χ1) is 22.3. The van der Waals surface area contributed by atoms with E-state index < -0.39 is 31.8 Å². The summed E-state index contributed by atoms with van der Waals surface area (Å²) in [5.41, 5.74) is 5.25. The molecule has 10 nitrogen and oxygen atoms in total. The molecule has 1 atom stereocenters. The molecule has 0 fully saturated rings. The number of nitrogens with zero attached hydrogens (tertiary/aromatic N) is 3. The highest BCUT2D eigenvalue weighted by Gasteiger charge is 2.31. The molecule has 2 heterocycles. The molecule has 2 N–H and O–H groups in total. The van der Waals surface area contributed by atoms with Crippen molar-refractivity contribution in [3.05, 3.63) is 107 Å². The molecular weight excluding hydrogens is 677 g/mol. The SMILES string of the molecule is CS(=O)(=O)NC(=O)C[n+]1c(C=C2Sc3ccc(-c4ccccc4)cc3N2CC(=O)N=S(C)(=O)O)sc2ccc(-c3ccccc3)cc21. The van der Waals surface area contributed by atoms with Gasteiger partial charge in [-0.1, -0.05) is 95.9 Å². The summed E-state index contributed by atoms with van der Waals surface area (Å²) in [7, 11) is -7.47. The van der Waals surface area contributed by atoms with Crippen LogP contribution in [-0.4, -0.2) is 48.1 Å². The van der Waals surface area contributed by atoms with Crippen molar-refractivity contribution >= 4 is 76.9 Å². The molecule has 5 aromatic rings. The van der Waals surface area contributed by atoms with Crippen LogP contribution >= 0.6 is 23.1 Å². The Hall–Kier alpha value is -4.34. The van der Waals surface area contributed by atoms with Crippen LogP contribution < -0.4 is 14.2 Å². The van der Waals surface area contributed by atoms with Gasteiger partial charge in [-0.25, -0.2) is 17.3 Å². The maximum Gasteiger partial charge on any atom is 0.299 e. The molecule has 4 aromatic carbocycles. The van der Waals surface area contributed by atoms with Gasteiger partial charge in [-0.3, -0.25) is 9.59 Å². The van der Waals surface area contributed by atoms with Gasteiger partial charge in [0.05, 0.1) is 23.0 Å². The number of anilines is 1. The van der Waals surface area contributed by atoms with Crippen LogP contribution in [0, 0.1) is 0 Å². The molecular formula is C33H29N4O6S4+. The van der Waals surface area contributed by atoms with Gasteiger partial charge in [0.2, 0.25) is 22.1 Å². The lowest BCUT2D eigenvalue weighted by Crippen LogP contribution is -2.45. The summed E-state index contributed by atoms with van der Waals surface area (Å²) in [5, 5.41) is 1.25. The number of carbonyl (C=O) groups is 2. The number of nitrogens with one attached hydrogen (secondary N) is 1. The molecule has 1 aliphatic heterocycles. The topological polar surface area (TPSA) is 137 Å². The van der Waals surface area contributed by atoms with Crippen LogP contribution in [0.1, 0.15) is 5.01 Å². The molecule has 0 aliphatic carbocycles. The van der Waals surface area contributed by atoms with Gasteiger partial charge in [-0.15, -0.1) is 4.36 Å². The minimum atomic E-state index is -3.80. The summed E-state index contributed by atoms with van der Waals surface area (Å²) >= 11 is 2.81. The first-order valence-corrected chi connectivity index (χ1v) is 19.6. The number of hydrogen-bond donors (Lipinski definition) is 2. The van der Waals surface area contributed by atoms with Gasteiger partial charge >= 0.3 is 0 Å². The van der Waals surface area contributed by atoms with Crippen LogP contribution in [0.4, 0.5) is 5.69 Å². The third kappa shape index (κ3) is 7.80. The molecule has 0 bridgehead atoms. The zero-order valence-corrected chi connectivity index (χ0v) is 28.5. The third-order valence-corrected chi connectivity index (χ3v) is 10.5. The molecule has 0 saturated heterocycles. The van der Waals surface area contributed by atoms with Crippen molar-refractivity contribution in [3.8, 4) is 22.3 Å². The van der Waals surface area contributed by atoms with Gasteiger partial charge in [0, 0.05) is 17.2 Å². The molecule has 0 spiro atoms. The summed E-state index contributed by atoms with van der Waals surface area (Å²) in [4.78, 5) is 28.5. The number of hydrogen-bond acceptors (Lipinski definition) is 8. The Morgan fingerprint density at radius 2 is 1.49 bits per heavy atom. The fraction of sp³-hybridized carbons (Fsp3) is 0.121. The molecule has 1 aromatic heterocycles. The Bertz CT molecular complexity index is 2290. The number of thioether (sulfide) groups is 1. The van der Waals surface area contributed by atoms with E-state index in [0.717, 1.165) is 55.6 Å². The molecule has 14 heteroatoms. The fourth-order valence-corrected chi connectivity index (χ4v) is 8.35. The average Bonchev–Trinajstić information content (AvgIpc) is 3.52. The van der Waals surface area contributed by atoms with Crippen LogP contribution in [0.15, 0.2) is 111 Å². The van der Waals surface area contributed by atoms with Crippen molar-refractivity contribution < 1.29 is 31.3 Å². The van der Waals surface area contributed by atoms with E-state index in [2.05, 4.69) is 9.08 Å². The van der Waals surface area contributed by atoms with E-state index in [1.807, 2.05) is 103 Å². The molecule has 0 saturated carbocycles. The summed E-state index contributed by atoms with van der Waals surface area (Å²) in [6.45, 7) is -0.579. The van der Waals surface area contributed by atoms with E-state index in [0.29, 0.717) is 10.0 Å². The second-order valence-corrected chi connectivity index (χ2v) is 16.4. The van der Waals surface area contributed by atoms with Crippen molar-refractivity contribution in [2.75, 3.05) is 24.0 Å². The molecule has 0 radical (unpaired) electrons. The van der Waals surface area contributed by atoms with E-state index in [1.165, 1.54) is 23.1 Å². The van der Waals surface area contributed by atoms with Crippen molar-refractivity contribution in [2.45, 2.75) is 11.4 Å². The lowest BCUT2D eigenvalue weighted by atomic mass is 10.0. The molecule has 1 aliphatic rings. The minimum absolute atomic E-state index is 0.281. The Kier molecular flexibility index (Phi) is 9.05. The van der Waals surface area contributed by atoms with Crippen molar-refractivity contribution in [2.24, 2.45) is 4.36 Å². The first kappa shape index (κ1) is 32.6. The van der Waals surface area contributed by atoms with E-state index >= 15 is 0 Å². The van der Waals surface area contributed by atoms with Gasteiger partial charge < -0.3 is 9.45 Å². The molecule has 47 heavy (non-hydrogen) atoms. The summed E-state index contributed by atoms with van der Waals surface area (Å²) in [5.74, 6) is -1.47. The maximum atomic E-state index is 13.0. The predicted molar refractivity (Wildman–Crippen MR) is 188 cm³/mol. The predicted octanol–water partition coefficient (Wildman–Crippen LogP) is 5.61. The Morgan fingerprint density at radius 3 is 2.11 bits per heavy atom. The van der Waals surface area contributed by atoms with Gasteiger partial charge in [-0.2, -0.15) is 4.57 Å². The Balaban J connectivity index is 1.48. The van der Waals surface area contributed by atoms with Gasteiger partial charge in [0.25, 0.3) is 16.8 Å². The normalized spacial score (nSPS) is 15.0. The number of thiazole rings is 1. The number of sulfonamides is 1. The van der Waals surface area contributed by atoms with Crippen molar-refractivity contribution in [3.63, 3.8) is 0 Å². The second kappa shape index (κ2) is 13.0. The lowest BCUT2D eigenvalue weighted by Gasteiger charge is -2.19. The highest BCUT2D eigenvalue weighted by atomic mass is 32.2. The van der Waals surface area contributed by atoms with Gasteiger partial charge in [0.1, 0.15) is 11.2 Å². The number of benzene rings is 4. The molecule has 1 unspecified atom stereocenters. The van der Waals surface area contributed by atoms with Crippen LogP contribution in [0.25, 0.3) is 38.5 Å². The number of aromatic nitrogens is 1. The average molecular weight is 706 g/mol. The largest absolute Gasteiger partial charge is 0.325 e. The van der Waals surface area contributed by atoms with E-state index in [4.69, 9.17) is 0 Å². The highest BCUT2D eigenvalue weighted by molar-refractivity contribution is 8.04. The van der Waals surface area contributed by atoms with Crippen molar-refractivity contribution in [1.82, 2.24) is 4.72 Å². The van der Waals surface area contributed by atoms with Gasteiger partial charge in [0.15, 0.2) is 10.0 Å². The highest BCUT2D eigenvalue weighted by Crippen LogP contribution is 2.48. The van der Waals surface area contributed by atoms with Crippen LogP contribution in [0.2, 0.25) is 0 Å². The fourth-order valence-electron chi connectivity index (χ4n) is 5.20. The van der Waals surface area contributed by atoms with Gasteiger partial charge in [-0.05, 0) is 40.5 Å². The van der Waals surface area contributed by atoms with E-state index in [1.54, 1.807) is 9.47 Å². The number of carbonyl (C=O) groups excluding carboxylic acids is 2. The number of rotatable bonds is 8. The smallest absolute Gasteiger partial charge is 0.299 e. The van der Waals surface area contributed by atoms with E-state index in [-0.39, 0.29) is 13.1 Å². The zero-order chi connectivity index (χ0) is 33.3. The standard InChI is InChI=1S/C33H28N4O6S4/c1-46(40,41)34-30(38)20-36-26-17-24(22-9-5-3-6-10-22)13-15-28(26)44-32(36)19-33-37(21-31(39)35-47(2,42)43)27-18-25(14-16-29(27)45-33)23-11-7-4-8-12-23/h3-19H,20-21H2,1-2H3,(H-,34,35,38,39,40,41)/p+1. The molecule has 240 valence electrons. The third-order valence-electron chi connectivity index (χ3n) is 7.09. The maximum absolute atomic E-state index is 13.0. The summed E-state index contributed by atoms with van der Waals surface area (Å²) < 4.78 is 53.6. The van der Waals surface area contributed by atoms with Crippen LogP contribution in [-0.2, 0) is 36.2 Å². The van der Waals surface area contributed by atoms with Crippen LogP contribution in [0.5, 0.6) is 0 Å². The lowest BCUT2D eigenvalue weighted by molar-refractivity contribution is -0.655. The monoisotopic (exact) mass is 705 g/mol. The summed E-state index contributed by atoms with van der Waals surface area (Å²) in [6.07, 6.45) is 3.74. The quantitative estimate of drug-likeness (QED) is 0.199. The Morgan fingerprint density at radius 1 is 0.872 bits per heavy atom. The number of amides is 2. The summed E-state index contributed by atoms with van der Waals surface area (Å²) in [6, 6.07) is 31.3. The minimum Gasteiger partial charge on any atom is -0.325 e. The zero-order valence-electron chi connectivity index (χ0n) is 25.2. The Labute approximate surface area is 280 Å². The first-order valence-electron chi connectivity index (χ1n) is 14.2. The van der Waals surface area contributed by atoms with Crippen LogP contribution in [0.3, 0.4) is 0 Å². The second-order valence-electron chi connectivity index (χ2n) is 10.8. The number of fused-ring (bicyclic) bond motifs is 2. The van der Waals surface area contributed by atoms with E-state index in [9.17, 15) is 26.8 Å². The molecule has 2 amide bonds. The van der Waals surface area contributed by atoms with Crippen molar-refractivity contribution in [1.29, 1.82) is 0 Å².